The number of ether oxygens (including phenoxy) is 2. The highest BCUT2D eigenvalue weighted by molar-refractivity contribution is 5.48. The normalized spacial score (nSPS) is 58.2. The largest absolute Gasteiger partial charge is 0.492 e. The van der Waals surface area contributed by atoms with Gasteiger partial charge in [0, 0.05) is 36.6 Å². The van der Waals surface area contributed by atoms with Crippen LogP contribution in [0.3, 0.4) is 0 Å². The van der Waals surface area contributed by atoms with Crippen molar-refractivity contribution >= 4 is 0 Å². The quantitative estimate of drug-likeness (QED) is 0.648. The number of likely N-dealkylation sites (N-methyl/N-ethyl adjacent to an activating group) is 2. The summed E-state index contributed by atoms with van der Waals surface area (Å²) in [5, 5.41) is 0. The fraction of sp³-hybridized carbons (Fsp3) is 0.852. The van der Waals surface area contributed by atoms with Gasteiger partial charge in [-0.05, 0) is 74.2 Å². The molecule has 2 saturated heterocycles. The lowest BCUT2D eigenvalue weighted by Gasteiger charge is -2.69. The van der Waals surface area contributed by atoms with Crippen LogP contribution in [0.4, 0.5) is 0 Å². The van der Waals surface area contributed by atoms with E-state index in [0.717, 1.165) is 41.4 Å². The molecule has 8 aliphatic rings. The molecule has 168 valence electrons. The first-order valence-electron chi connectivity index (χ1n) is 13.4. The Hall–Kier alpha value is -1.00. The van der Waals surface area contributed by atoms with Gasteiger partial charge < -0.3 is 19.3 Å². The molecule has 0 amide bonds. The number of rotatable bonds is 0. The number of hydrogen-bond donors (Lipinski definition) is 1. The molecule has 4 saturated carbocycles. The SMILES string of the molecule is CC1C2=C3C(=CN1C)C1CCCC4OC5C[NH+](C)CC6C7CCCC(O2)C7C3C(C41)C56. The first kappa shape index (κ1) is 18.4. The Morgan fingerprint density at radius 3 is 2.65 bits per heavy atom. The molecule has 1 N–H and O–H groups in total. The number of quaternary nitrogens is 1. The lowest BCUT2D eigenvalue weighted by molar-refractivity contribution is -0.897. The van der Waals surface area contributed by atoms with Crippen molar-refractivity contribution in [1.29, 1.82) is 0 Å². The van der Waals surface area contributed by atoms with E-state index in [1.165, 1.54) is 57.4 Å². The smallest absolute Gasteiger partial charge is 0.122 e. The lowest BCUT2D eigenvalue weighted by Crippen LogP contribution is -3.13. The molecule has 31 heavy (non-hydrogen) atoms. The number of nitrogens with zero attached hydrogens (tertiary/aromatic N) is 1. The number of piperidine rings is 1. The topological polar surface area (TPSA) is 26.1 Å². The van der Waals surface area contributed by atoms with Crippen LogP contribution < -0.4 is 4.90 Å². The molecule has 0 aromatic carbocycles. The van der Waals surface area contributed by atoms with E-state index in [1.54, 1.807) is 16.0 Å². The predicted molar refractivity (Wildman–Crippen MR) is 118 cm³/mol. The fourth-order valence-electron chi connectivity index (χ4n) is 10.6. The summed E-state index contributed by atoms with van der Waals surface area (Å²) in [6.45, 7) is 4.99. The van der Waals surface area contributed by atoms with Gasteiger partial charge >= 0.3 is 0 Å². The summed E-state index contributed by atoms with van der Waals surface area (Å²) >= 11 is 0. The second-order valence-electron chi connectivity index (χ2n) is 12.6. The van der Waals surface area contributed by atoms with Gasteiger partial charge in [-0.1, -0.05) is 6.42 Å². The molecule has 0 aromatic rings. The van der Waals surface area contributed by atoms with E-state index in [0.29, 0.717) is 30.3 Å². The van der Waals surface area contributed by atoms with Gasteiger partial charge in [0.1, 0.15) is 24.5 Å². The minimum Gasteiger partial charge on any atom is -0.492 e. The Labute approximate surface area is 187 Å². The number of nitrogens with one attached hydrogen (secondary N) is 1. The van der Waals surface area contributed by atoms with Crippen LogP contribution in [0.15, 0.2) is 23.1 Å². The molecule has 4 nitrogen and oxygen atoms in total. The molecular formula is C27H39N2O2+. The molecule has 4 aliphatic heterocycles. The van der Waals surface area contributed by atoms with Crippen LogP contribution in [0, 0.1) is 47.3 Å². The second-order valence-corrected chi connectivity index (χ2v) is 12.6. The predicted octanol–water partition coefficient (Wildman–Crippen LogP) is 2.48. The number of hydrogen-bond acceptors (Lipinski definition) is 3. The third kappa shape index (κ3) is 2.16. The Balaban J connectivity index is 1.37. The summed E-state index contributed by atoms with van der Waals surface area (Å²) in [6.07, 6.45) is 12.1. The number of allylic oxidation sites excluding steroid dienone is 2. The minimum atomic E-state index is 0.395. The molecule has 0 aromatic heterocycles. The Morgan fingerprint density at radius 2 is 1.74 bits per heavy atom. The molecule has 4 heterocycles. The molecule has 8 rings (SSSR count). The summed E-state index contributed by atoms with van der Waals surface area (Å²) in [7, 11) is 4.71. The van der Waals surface area contributed by atoms with Crippen LogP contribution in [-0.4, -0.2) is 56.4 Å². The van der Waals surface area contributed by atoms with Crippen molar-refractivity contribution in [2.45, 2.75) is 69.8 Å². The Morgan fingerprint density at radius 1 is 0.903 bits per heavy atom. The van der Waals surface area contributed by atoms with Crippen LogP contribution in [-0.2, 0) is 9.47 Å². The summed E-state index contributed by atoms with van der Waals surface area (Å²) < 4.78 is 14.1. The molecule has 13 atom stereocenters. The van der Waals surface area contributed by atoms with Gasteiger partial charge in [-0.15, -0.1) is 0 Å². The Bertz CT molecular complexity index is 880. The van der Waals surface area contributed by atoms with Crippen molar-refractivity contribution in [2.24, 2.45) is 47.3 Å². The van der Waals surface area contributed by atoms with Crippen molar-refractivity contribution < 1.29 is 14.4 Å². The minimum absolute atomic E-state index is 0.395. The van der Waals surface area contributed by atoms with E-state index < -0.39 is 0 Å². The maximum absolute atomic E-state index is 7.09. The van der Waals surface area contributed by atoms with Crippen LogP contribution in [0.1, 0.15) is 45.4 Å². The highest BCUT2D eigenvalue weighted by Gasteiger charge is 2.69. The first-order valence-corrected chi connectivity index (χ1v) is 13.4. The van der Waals surface area contributed by atoms with Crippen LogP contribution in [0.25, 0.3) is 0 Å². The van der Waals surface area contributed by atoms with Gasteiger partial charge in [-0.2, -0.15) is 0 Å². The van der Waals surface area contributed by atoms with E-state index in [2.05, 4.69) is 32.1 Å². The highest BCUT2D eigenvalue weighted by Crippen LogP contribution is 2.69. The highest BCUT2D eigenvalue weighted by atomic mass is 16.5. The van der Waals surface area contributed by atoms with Crippen molar-refractivity contribution in [3.05, 3.63) is 23.1 Å². The molecule has 6 fully saturated rings. The van der Waals surface area contributed by atoms with Crippen molar-refractivity contribution in [1.82, 2.24) is 4.90 Å². The maximum atomic E-state index is 7.09. The van der Waals surface area contributed by atoms with E-state index in [9.17, 15) is 0 Å². The third-order valence-corrected chi connectivity index (χ3v) is 11.4. The molecule has 0 radical (unpaired) electrons. The van der Waals surface area contributed by atoms with Crippen LogP contribution >= 0.6 is 0 Å². The second kappa shape index (κ2) is 6.11. The van der Waals surface area contributed by atoms with Crippen molar-refractivity contribution in [3.8, 4) is 0 Å². The zero-order valence-electron chi connectivity index (χ0n) is 19.4. The van der Waals surface area contributed by atoms with Gasteiger partial charge in [0.05, 0.1) is 25.7 Å². The zero-order chi connectivity index (χ0) is 20.6. The van der Waals surface area contributed by atoms with Crippen LogP contribution in [0.5, 0.6) is 0 Å². The maximum Gasteiger partial charge on any atom is 0.122 e. The van der Waals surface area contributed by atoms with E-state index in [1.807, 2.05) is 0 Å². The summed E-state index contributed by atoms with van der Waals surface area (Å²) in [6, 6.07) is 0.395. The van der Waals surface area contributed by atoms with Gasteiger partial charge in [0.2, 0.25) is 0 Å². The molecule has 4 aliphatic carbocycles. The number of fused-ring (bicyclic) bond motifs is 2. The summed E-state index contributed by atoms with van der Waals surface area (Å²) in [5.41, 5.74) is 3.39. The molecule has 0 bridgehead atoms. The van der Waals surface area contributed by atoms with Gasteiger partial charge in [0.25, 0.3) is 0 Å². The zero-order valence-corrected chi connectivity index (χ0v) is 19.4. The molecule has 13 unspecified atom stereocenters. The lowest BCUT2D eigenvalue weighted by atomic mass is 9.40. The van der Waals surface area contributed by atoms with Gasteiger partial charge in [-0.25, -0.2) is 0 Å². The van der Waals surface area contributed by atoms with Crippen molar-refractivity contribution in [3.63, 3.8) is 0 Å². The van der Waals surface area contributed by atoms with Gasteiger partial charge in [-0.3, -0.25) is 0 Å². The standard InChI is InChI=1S/C27H38N2O2/c1-13-27-24-17(11-29(13)3)15-7-4-8-18-21(15)25-23-16(10-28(2)12-20(23)30-18)14-6-5-9-19(31-27)22(14)26(24)25/h11,13-16,18-23,25-26H,4-10,12H2,1-3H3/p+1. The van der Waals surface area contributed by atoms with Gasteiger partial charge in [0.15, 0.2) is 0 Å². The van der Waals surface area contributed by atoms with Crippen LogP contribution in [0.2, 0.25) is 0 Å². The first-order chi connectivity index (χ1) is 15.1. The molecule has 4 heteroatoms. The fourth-order valence-corrected chi connectivity index (χ4v) is 10.6. The third-order valence-electron chi connectivity index (χ3n) is 11.4. The molecule has 0 spiro atoms. The van der Waals surface area contributed by atoms with Crippen molar-refractivity contribution in [2.75, 3.05) is 27.2 Å². The van der Waals surface area contributed by atoms with E-state index in [4.69, 9.17) is 9.47 Å². The molecular weight excluding hydrogens is 384 g/mol. The average Bonchev–Trinajstić information content (AvgIpc) is 2.77. The van der Waals surface area contributed by atoms with E-state index in [-0.39, 0.29) is 0 Å². The summed E-state index contributed by atoms with van der Waals surface area (Å²) in [4.78, 5) is 4.18. The number of likely N-dealkylation sites (tertiary alicyclic amines) is 1. The monoisotopic (exact) mass is 423 g/mol. The van der Waals surface area contributed by atoms with E-state index >= 15 is 0 Å². The Kier molecular flexibility index (Phi) is 3.63. The average molecular weight is 424 g/mol. The summed E-state index contributed by atoms with van der Waals surface area (Å²) in [5.74, 6) is 7.75.